The van der Waals surface area contributed by atoms with Crippen molar-refractivity contribution in [3.05, 3.63) is 35.4 Å². The van der Waals surface area contributed by atoms with Gasteiger partial charge in [-0.2, -0.15) is 0 Å². The largest absolute Gasteiger partial charge is 0.466 e. The van der Waals surface area contributed by atoms with Crippen molar-refractivity contribution < 1.29 is 9.53 Å². The molecule has 0 aromatic heterocycles. The van der Waals surface area contributed by atoms with Crippen LogP contribution in [0.1, 0.15) is 36.8 Å². The zero-order chi connectivity index (χ0) is 11.2. The van der Waals surface area contributed by atoms with Crippen LogP contribution in [0.25, 0.3) is 0 Å². The lowest BCUT2D eigenvalue weighted by Gasteiger charge is -2.22. The number of carbonyl (C=O) groups is 1. The van der Waals surface area contributed by atoms with Crippen molar-refractivity contribution in [2.45, 2.75) is 32.1 Å². The first-order chi connectivity index (χ1) is 7.78. The van der Waals surface area contributed by atoms with E-state index < -0.39 is 0 Å². The Labute approximate surface area is 95.6 Å². The molecule has 0 amide bonds. The monoisotopic (exact) mass is 216 g/mol. The van der Waals surface area contributed by atoms with Gasteiger partial charge in [0.1, 0.15) is 0 Å². The molecule has 1 fully saturated rings. The molecule has 1 aromatic rings. The predicted molar refractivity (Wildman–Crippen MR) is 61.2 cm³/mol. The lowest BCUT2D eigenvalue weighted by molar-refractivity contribution is -0.150. The minimum Gasteiger partial charge on any atom is -0.466 e. The minimum atomic E-state index is -0.162. The second kappa shape index (κ2) is 3.34. The van der Waals surface area contributed by atoms with E-state index in [-0.39, 0.29) is 11.4 Å². The summed E-state index contributed by atoms with van der Waals surface area (Å²) < 4.78 is 5.20. The highest BCUT2D eigenvalue weighted by Gasteiger charge is 2.63. The lowest BCUT2D eigenvalue weighted by Crippen LogP contribution is -2.24. The smallest absolute Gasteiger partial charge is 0.312 e. The van der Waals surface area contributed by atoms with Gasteiger partial charge in [-0.15, -0.1) is 0 Å². The van der Waals surface area contributed by atoms with E-state index in [1.54, 1.807) is 0 Å². The third kappa shape index (κ3) is 1.22. The first-order valence-corrected chi connectivity index (χ1v) is 6.03. The summed E-state index contributed by atoms with van der Waals surface area (Å²) >= 11 is 0. The normalized spacial score (nSPS) is 30.2. The van der Waals surface area contributed by atoms with E-state index in [2.05, 4.69) is 24.3 Å². The number of fused-ring (bicyclic) bond motifs is 3. The van der Waals surface area contributed by atoms with Gasteiger partial charge in [-0.1, -0.05) is 24.3 Å². The summed E-state index contributed by atoms with van der Waals surface area (Å²) in [6.07, 6.45) is 2.97. The van der Waals surface area contributed by atoms with Gasteiger partial charge in [0.15, 0.2) is 0 Å². The fourth-order valence-electron chi connectivity index (χ4n) is 3.05. The summed E-state index contributed by atoms with van der Waals surface area (Å²) in [7, 11) is 0. The van der Waals surface area contributed by atoms with E-state index in [4.69, 9.17) is 4.74 Å². The lowest BCUT2D eigenvalue weighted by atomic mass is 9.84. The van der Waals surface area contributed by atoms with Gasteiger partial charge < -0.3 is 4.74 Å². The maximum absolute atomic E-state index is 11.9. The van der Waals surface area contributed by atoms with Gasteiger partial charge in [-0.05, 0) is 37.3 Å². The SMILES string of the molecule is CCOC(=O)[C@]12CCc3ccccc3[C@@H]1C2. The number of ether oxygens (including phenoxy) is 1. The van der Waals surface area contributed by atoms with E-state index >= 15 is 0 Å². The molecule has 1 aromatic carbocycles. The van der Waals surface area contributed by atoms with Crippen molar-refractivity contribution in [1.29, 1.82) is 0 Å². The van der Waals surface area contributed by atoms with Crippen LogP contribution in [0.5, 0.6) is 0 Å². The topological polar surface area (TPSA) is 26.3 Å². The van der Waals surface area contributed by atoms with E-state index in [1.165, 1.54) is 11.1 Å². The summed E-state index contributed by atoms with van der Waals surface area (Å²) in [5.74, 6) is 0.450. The van der Waals surface area contributed by atoms with Gasteiger partial charge in [-0.25, -0.2) is 0 Å². The molecule has 0 bridgehead atoms. The van der Waals surface area contributed by atoms with Crippen LogP contribution in [0.2, 0.25) is 0 Å². The Balaban J connectivity index is 1.90. The summed E-state index contributed by atoms with van der Waals surface area (Å²) in [6.45, 7) is 2.37. The van der Waals surface area contributed by atoms with Crippen molar-refractivity contribution in [3.63, 3.8) is 0 Å². The van der Waals surface area contributed by atoms with Crippen LogP contribution in [-0.4, -0.2) is 12.6 Å². The fourth-order valence-corrected chi connectivity index (χ4v) is 3.05. The average molecular weight is 216 g/mol. The number of aryl methyl sites for hydroxylation is 1. The van der Waals surface area contributed by atoms with Crippen molar-refractivity contribution in [2.24, 2.45) is 5.41 Å². The highest BCUT2D eigenvalue weighted by Crippen LogP contribution is 2.65. The number of esters is 1. The summed E-state index contributed by atoms with van der Waals surface area (Å²) in [4.78, 5) is 11.9. The maximum Gasteiger partial charge on any atom is 0.312 e. The van der Waals surface area contributed by atoms with E-state index in [0.717, 1.165) is 19.3 Å². The molecule has 0 aliphatic heterocycles. The van der Waals surface area contributed by atoms with E-state index in [1.807, 2.05) is 6.92 Å². The third-order valence-corrected chi connectivity index (χ3v) is 4.03. The predicted octanol–water partition coefficient (Wildman–Crippen LogP) is 2.67. The van der Waals surface area contributed by atoms with Crippen molar-refractivity contribution in [3.8, 4) is 0 Å². The van der Waals surface area contributed by atoms with Gasteiger partial charge in [0, 0.05) is 5.92 Å². The van der Waals surface area contributed by atoms with Crippen LogP contribution >= 0.6 is 0 Å². The third-order valence-electron chi connectivity index (χ3n) is 4.03. The maximum atomic E-state index is 11.9. The molecule has 1 saturated carbocycles. The molecule has 2 nitrogen and oxygen atoms in total. The minimum absolute atomic E-state index is 0.0227. The molecule has 84 valence electrons. The highest BCUT2D eigenvalue weighted by atomic mass is 16.5. The Kier molecular flexibility index (Phi) is 2.06. The molecule has 0 N–H and O–H groups in total. The Morgan fingerprint density at radius 2 is 2.31 bits per heavy atom. The number of benzene rings is 1. The highest BCUT2D eigenvalue weighted by molar-refractivity contribution is 5.83. The quantitative estimate of drug-likeness (QED) is 0.710. The van der Waals surface area contributed by atoms with Crippen LogP contribution in [0, 0.1) is 5.41 Å². The molecule has 0 saturated heterocycles. The van der Waals surface area contributed by atoms with Gasteiger partial charge in [0.25, 0.3) is 0 Å². The molecule has 2 heteroatoms. The van der Waals surface area contributed by atoms with Crippen LogP contribution in [0.4, 0.5) is 0 Å². The van der Waals surface area contributed by atoms with Gasteiger partial charge in [-0.3, -0.25) is 4.79 Å². The second-order valence-corrected chi connectivity index (χ2v) is 4.83. The van der Waals surface area contributed by atoms with Crippen LogP contribution in [0.3, 0.4) is 0 Å². The summed E-state index contributed by atoms with van der Waals surface area (Å²) in [6, 6.07) is 8.50. The summed E-state index contributed by atoms with van der Waals surface area (Å²) in [5, 5.41) is 0. The zero-order valence-electron chi connectivity index (χ0n) is 9.53. The zero-order valence-corrected chi connectivity index (χ0v) is 9.53. The van der Waals surface area contributed by atoms with Gasteiger partial charge in [0.2, 0.25) is 0 Å². The standard InChI is InChI=1S/C14H16O2/c1-2-16-13(15)14-8-7-10-5-3-4-6-11(10)12(14)9-14/h3-6,12H,2,7-9H2,1H3/t12-,14-/m0/s1. The molecule has 0 unspecified atom stereocenters. The Bertz CT molecular complexity index is 438. The van der Waals surface area contributed by atoms with Crippen LogP contribution < -0.4 is 0 Å². The first kappa shape index (κ1) is 9.88. The average Bonchev–Trinajstić information content (AvgIpc) is 3.06. The van der Waals surface area contributed by atoms with Crippen molar-refractivity contribution in [1.82, 2.24) is 0 Å². The molecule has 2 aliphatic rings. The number of hydrogen-bond acceptors (Lipinski definition) is 2. The number of carbonyl (C=O) groups excluding carboxylic acids is 1. The Morgan fingerprint density at radius 1 is 1.50 bits per heavy atom. The molecule has 0 spiro atoms. The van der Waals surface area contributed by atoms with Crippen molar-refractivity contribution in [2.75, 3.05) is 6.61 Å². The summed E-state index contributed by atoms with van der Waals surface area (Å²) in [5.41, 5.74) is 2.64. The van der Waals surface area contributed by atoms with E-state index in [9.17, 15) is 4.79 Å². The van der Waals surface area contributed by atoms with Gasteiger partial charge in [0.05, 0.1) is 12.0 Å². The van der Waals surface area contributed by atoms with Crippen LogP contribution in [-0.2, 0) is 16.0 Å². The fraction of sp³-hybridized carbons (Fsp3) is 0.500. The Hall–Kier alpha value is -1.31. The molecule has 3 rings (SSSR count). The molecule has 0 heterocycles. The first-order valence-electron chi connectivity index (χ1n) is 6.03. The van der Waals surface area contributed by atoms with Crippen LogP contribution in [0.15, 0.2) is 24.3 Å². The molecular formula is C14H16O2. The van der Waals surface area contributed by atoms with Gasteiger partial charge >= 0.3 is 5.97 Å². The van der Waals surface area contributed by atoms with Crippen molar-refractivity contribution >= 4 is 5.97 Å². The molecule has 2 aliphatic carbocycles. The molecular weight excluding hydrogens is 200 g/mol. The Morgan fingerprint density at radius 3 is 3.12 bits per heavy atom. The second-order valence-electron chi connectivity index (χ2n) is 4.83. The number of rotatable bonds is 2. The molecule has 16 heavy (non-hydrogen) atoms. The molecule has 0 radical (unpaired) electrons. The number of hydrogen-bond donors (Lipinski definition) is 0. The van der Waals surface area contributed by atoms with E-state index in [0.29, 0.717) is 12.5 Å². The molecule has 2 atom stereocenters.